The lowest BCUT2D eigenvalue weighted by Gasteiger charge is -2.31. The Labute approximate surface area is 232 Å². The van der Waals surface area contributed by atoms with Crippen molar-refractivity contribution in [2.24, 2.45) is 0 Å². The molecule has 204 valence electrons. The Balaban J connectivity index is 1.53. The lowest BCUT2D eigenvalue weighted by molar-refractivity contribution is 0.0903. The van der Waals surface area contributed by atoms with Crippen molar-refractivity contribution in [3.8, 4) is 0 Å². The summed E-state index contributed by atoms with van der Waals surface area (Å²) in [5, 5.41) is 14.0. The van der Waals surface area contributed by atoms with Gasteiger partial charge in [-0.2, -0.15) is 0 Å². The summed E-state index contributed by atoms with van der Waals surface area (Å²) in [4.78, 5) is 23.7. The molecule has 0 spiro atoms. The summed E-state index contributed by atoms with van der Waals surface area (Å²) in [5.41, 5.74) is 5.59. The van der Waals surface area contributed by atoms with E-state index in [-0.39, 0.29) is 11.7 Å². The molecular weight excluding hydrogens is 502 g/mol. The molecule has 1 fully saturated rings. The van der Waals surface area contributed by atoms with Gasteiger partial charge in [-0.15, -0.1) is 5.10 Å². The molecule has 9 nitrogen and oxygen atoms in total. The van der Waals surface area contributed by atoms with E-state index in [4.69, 9.17) is 4.74 Å². The van der Waals surface area contributed by atoms with Crippen LogP contribution in [-0.2, 0) is 24.4 Å². The molecule has 6 rings (SSSR count). The van der Waals surface area contributed by atoms with E-state index in [2.05, 4.69) is 61.6 Å². The Morgan fingerprint density at radius 3 is 2.62 bits per heavy atom. The topological polar surface area (TPSA) is 102 Å². The SMILES string of the molecule is Cc1ccc(C)c2[nH]c(=O)c([C@H](c3nnnn3C[C@H]3CCCO3)N(Cc3ccccc3)Cc3cccnc3)cc12. The average molecular weight is 536 g/mol. The van der Waals surface area contributed by atoms with Gasteiger partial charge in [0, 0.05) is 43.0 Å². The molecule has 0 radical (unpaired) electrons. The predicted octanol–water partition coefficient (Wildman–Crippen LogP) is 4.50. The molecule has 1 aliphatic rings. The molecule has 40 heavy (non-hydrogen) atoms. The van der Waals surface area contributed by atoms with Gasteiger partial charge in [0.05, 0.1) is 18.2 Å². The first-order chi connectivity index (χ1) is 19.6. The molecule has 1 N–H and O–H groups in total. The highest BCUT2D eigenvalue weighted by atomic mass is 16.5. The molecule has 1 aliphatic heterocycles. The molecule has 0 aliphatic carbocycles. The van der Waals surface area contributed by atoms with Crippen molar-refractivity contribution in [1.29, 1.82) is 0 Å². The smallest absolute Gasteiger partial charge is 0.253 e. The number of hydrogen-bond donors (Lipinski definition) is 1. The van der Waals surface area contributed by atoms with Gasteiger partial charge in [-0.1, -0.05) is 48.5 Å². The zero-order valence-corrected chi connectivity index (χ0v) is 22.8. The van der Waals surface area contributed by atoms with Gasteiger partial charge in [0.2, 0.25) is 0 Å². The number of nitrogens with zero attached hydrogens (tertiary/aromatic N) is 6. The molecule has 2 aromatic carbocycles. The normalized spacial score (nSPS) is 16.1. The molecule has 3 aromatic heterocycles. The fraction of sp³-hybridized carbons (Fsp3) is 0.323. The van der Waals surface area contributed by atoms with E-state index in [0.29, 0.717) is 31.0 Å². The van der Waals surface area contributed by atoms with Gasteiger partial charge in [-0.05, 0) is 71.5 Å². The standard InChI is InChI=1S/C31H33N7O2/c1-21-12-13-22(2)28-26(21)16-27(31(39)33-28)29(30-34-35-36-38(30)20-25-11-7-15-40-25)37(18-23-8-4-3-5-9-23)19-24-10-6-14-32-17-24/h3-6,8-10,12-14,16-17,25,29H,7,11,15,18-20H2,1-2H3,(H,33,39)/t25-,29-/m1/s1. The molecular formula is C31H33N7O2. The summed E-state index contributed by atoms with van der Waals surface area (Å²) in [5.74, 6) is 0.616. The van der Waals surface area contributed by atoms with Crippen molar-refractivity contribution in [1.82, 2.24) is 35.1 Å². The highest BCUT2D eigenvalue weighted by Gasteiger charge is 2.32. The van der Waals surface area contributed by atoms with Crippen LogP contribution in [0.2, 0.25) is 0 Å². The van der Waals surface area contributed by atoms with Crippen LogP contribution in [-0.4, -0.2) is 47.8 Å². The highest BCUT2D eigenvalue weighted by Crippen LogP contribution is 2.31. The number of nitrogens with one attached hydrogen (secondary N) is 1. The molecule has 4 heterocycles. The summed E-state index contributed by atoms with van der Waals surface area (Å²) >= 11 is 0. The van der Waals surface area contributed by atoms with E-state index < -0.39 is 6.04 Å². The third kappa shape index (κ3) is 5.43. The first-order valence-corrected chi connectivity index (χ1v) is 13.7. The minimum absolute atomic E-state index is 0.0450. The van der Waals surface area contributed by atoms with Crippen molar-refractivity contribution >= 4 is 10.9 Å². The second-order valence-corrected chi connectivity index (χ2v) is 10.6. The Bertz CT molecular complexity index is 1600. The number of aryl methyl sites for hydroxylation is 2. The van der Waals surface area contributed by atoms with Crippen LogP contribution in [0, 0.1) is 13.8 Å². The Hall–Kier alpha value is -4.21. The maximum Gasteiger partial charge on any atom is 0.253 e. The lowest BCUT2D eigenvalue weighted by atomic mass is 9.98. The largest absolute Gasteiger partial charge is 0.376 e. The monoisotopic (exact) mass is 535 g/mol. The van der Waals surface area contributed by atoms with Crippen molar-refractivity contribution in [3.63, 3.8) is 0 Å². The molecule has 0 amide bonds. The maximum absolute atomic E-state index is 13.9. The predicted molar refractivity (Wildman–Crippen MR) is 153 cm³/mol. The van der Waals surface area contributed by atoms with E-state index in [1.807, 2.05) is 54.2 Å². The van der Waals surface area contributed by atoms with E-state index in [9.17, 15) is 4.79 Å². The Morgan fingerprint density at radius 2 is 1.85 bits per heavy atom. The molecule has 0 saturated carbocycles. The number of fused-ring (bicyclic) bond motifs is 1. The second-order valence-electron chi connectivity index (χ2n) is 10.6. The zero-order chi connectivity index (χ0) is 27.5. The summed E-state index contributed by atoms with van der Waals surface area (Å²) < 4.78 is 7.74. The minimum Gasteiger partial charge on any atom is -0.376 e. The fourth-order valence-corrected chi connectivity index (χ4v) is 5.59. The molecule has 5 aromatic rings. The maximum atomic E-state index is 13.9. The van der Waals surface area contributed by atoms with E-state index in [1.165, 1.54) is 0 Å². The number of ether oxygens (including phenoxy) is 1. The number of tetrazole rings is 1. The Kier molecular flexibility index (Phi) is 7.48. The third-order valence-corrected chi connectivity index (χ3v) is 7.67. The minimum atomic E-state index is -0.523. The first kappa shape index (κ1) is 26.0. The summed E-state index contributed by atoms with van der Waals surface area (Å²) in [7, 11) is 0. The van der Waals surface area contributed by atoms with Gasteiger partial charge in [-0.3, -0.25) is 14.7 Å². The van der Waals surface area contributed by atoms with Crippen LogP contribution in [0.25, 0.3) is 10.9 Å². The number of hydrogen-bond acceptors (Lipinski definition) is 7. The first-order valence-electron chi connectivity index (χ1n) is 13.7. The number of aromatic amines is 1. The number of pyridine rings is 2. The number of aromatic nitrogens is 6. The number of rotatable bonds is 9. The van der Waals surface area contributed by atoms with Crippen molar-refractivity contribution < 1.29 is 4.74 Å². The van der Waals surface area contributed by atoms with Gasteiger partial charge in [0.25, 0.3) is 5.56 Å². The quantitative estimate of drug-likeness (QED) is 0.297. The Morgan fingerprint density at radius 1 is 1.05 bits per heavy atom. The van der Waals surface area contributed by atoms with E-state index >= 15 is 0 Å². The number of benzene rings is 2. The summed E-state index contributed by atoms with van der Waals surface area (Å²) in [6.45, 7) is 6.49. The van der Waals surface area contributed by atoms with Gasteiger partial charge >= 0.3 is 0 Å². The van der Waals surface area contributed by atoms with Crippen LogP contribution in [0.5, 0.6) is 0 Å². The molecule has 0 bridgehead atoms. The highest BCUT2D eigenvalue weighted by molar-refractivity contribution is 5.85. The summed E-state index contributed by atoms with van der Waals surface area (Å²) in [6.07, 6.45) is 5.66. The van der Waals surface area contributed by atoms with Crippen LogP contribution in [0.1, 0.15) is 52.5 Å². The van der Waals surface area contributed by atoms with E-state index in [1.54, 1.807) is 6.20 Å². The van der Waals surface area contributed by atoms with Crippen molar-refractivity contribution in [2.75, 3.05) is 6.61 Å². The van der Waals surface area contributed by atoms with Gasteiger partial charge in [0.1, 0.15) is 6.04 Å². The average Bonchev–Trinajstić information content (AvgIpc) is 3.66. The van der Waals surface area contributed by atoms with Crippen LogP contribution in [0.3, 0.4) is 0 Å². The van der Waals surface area contributed by atoms with Gasteiger partial charge in [0.15, 0.2) is 5.82 Å². The van der Waals surface area contributed by atoms with Crippen molar-refractivity contribution in [2.45, 2.75) is 58.5 Å². The third-order valence-electron chi connectivity index (χ3n) is 7.67. The second kappa shape index (κ2) is 11.5. The van der Waals surface area contributed by atoms with Crippen LogP contribution < -0.4 is 5.56 Å². The summed E-state index contributed by atoms with van der Waals surface area (Å²) in [6, 6.07) is 19.9. The number of H-pyrrole nitrogens is 1. The van der Waals surface area contributed by atoms with Crippen LogP contribution in [0.4, 0.5) is 0 Å². The van der Waals surface area contributed by atoms with Gasteiger partial charge in [-0.25, -0.2) is 4.68 Å². The zero-order valence-electron chi connectivity index (χ0n) is 22.8. The molecule has 1 saturated heterocycles. The molecule has 2 atom stereocenters. The van der Waals surface area contributed by atoms with Gasteiger partial charge < -0.3 is 9.72 Å². The van der Waals surface area contributed by atoms with Crippen molar-refractivity contribution in [3.05, 3.63) is 117 Å². The van der Waals surface area contributed by atoms with Crippen LogP contribution >= 0.6 is 0 Å². The van der Waals surface area contributed by atoms with E-state index in [0.717, 1.165) is 52.6 Å². The molecule has 0 unspecified atom stereocenters. The fourth-order valence-electron chi connectivity index (χ4n) is 5.59. The lowest BCUT2D eigenvalue weighted by Crippen LogP contribution is -2.35. The molecule has 9 heteroatoms. The van der Waals surface area contributed by atoms with Crippen LogP contribution in [0.15, 0.2) is 77.9 Å².